The van der Waals surface area contributed by atoms with Crippen LogP contribution in [0.15, 0.2) is 48.5 Å². The van der Waals surface area contributed by atoms with Gasteiger partial charge in [0, 0.05) is 5.56 Å². The van der Waals surface area contributed by atoms with Crippen molar-refractivity contribution in [3.05, 3.63) is 48.5 Å². The van der Waals surface area contributed by atoms with Gasteiger partial charge in [0.2, 0.25) is 0 Å². The number of hydrogen-bond donors (Lipinski definition) is 0. The van der Waals surface area contributed by atoms with E-state index in [0.717, 1.165) is 16.4 Å². The minimum Gasteiger partial charge on any atom is -0.438 e. The molecule has 1 heterocycles. The van der Waals surface area contributed by atoms with E-state index >= 15 is 0 Å². The largest absolute Gasteiger partial charge is 0.438 e. The molecule has 2 aromatic carbocycles. The van der Waals surface area contributed by atoms with Crippen LogP contribution in [-0.2, 0) is 4.57 Å². The SMILES string of the molecule is CN(C)CP1(=O)Oc2ccccc2-c2ccccc21. The van der Waals surface area contributed by atoms with Crippen molar-refractivity contribution in [3.8, 4) is 16.9 Å². The molecule has 1 atom stereocenters. The van der Waals surface area contributed by atoms with Crippen LogP contribution in [-0.4, -0.2) is 25.3 Å². The molecule has 0 amide bonds. The van der Waals surface area contributed by atoms with Crippen molar-refractivity contribution in [2.75, 3.05) is 20.4 Å². The smallest absolute Gasteiger partial charge is 0.291 e. The highest BCUT2D eigenvalue weighted by atomic mass is 31.2. The maximum Gasteiger partial charge on any atom is 0.291 e. The molecule has 0 fully saturated rings. The van der Waals surface area contributed by atoms with Gasteiger partial charge in [-0.1, -0.05) is 36.4 Å². The molecule has 0 radical (unpaired) electrons. The zero-order valence-corrected chi connectivity index (χ0v) is 11.9. The molecule has 3 nitrogen and oxygen atoms in total. The van der Waals surface area contributed by atoms with Crippen molar-refractivity contribution in [1.82, 2.24) is 4.90 Å². The van der Waals surface area contributed by atoms with E-state index in [4.69, 9.17) is 4.52 Å². The average molecular weight is 273 g/mol. The number of rotatable bonds is 2. The Bertz CT molecular complexity index is 667. The summed E-state index contributed by atoms with van der Waals surface area (Å²) in [4.78, 5) is 1.91. The van der Waals surface area contributed by atoms with E-state index in [1.165, 1.54) is 0 Å². The number of nitrogens with zero attached hydrogens (tertiary/aromatic N) is 1. The Balaban J connectivity index is 2.22. The highest BCUT2D eigenvalue weighted by molar-refractivity contribution is 7.67. The fraction of sp³-hybridized carbons (Fsp3) is 0.200. The molecule has 98 valence electrons. The molecule has 0 aromatic heterocycles. The van der Waals surface area contributed by atoms with Crippen LogP contribution in [0.5, 0.6) is 5.75 Å². The third-order valence-electron chi connectivity index (χ3n) is 3.16. The second kappa shape index (κ2) is 4.52. The lowest BCUT2D eigenvalue weighted by Gasteiger charge is -2.30. The van der Waals surface area contributed by atoms with Crippen LogP contribution in [0.1, 0.15) is 0 Å². The van der Waals surface area contributed by atoms with E-state index in [9.17, 15) is 4.57 Å². The van der Waals surface area contributed by atoms with E-state index in [2.05, 4.69) is 0 Å². The van der Waals surface area contributed by atoms with Gasteiger partial charge in [-0.25, -0.2) is 0 Å². The normalized spacial score (nSPS) is 20.6. The van der Waals surface area contributed by atoms with E-state index in [1.807, 2.05) is 67.5 Å². The van der Waals surface area contributed by atoms with E-state index in [0.29, 0.717) is 12.0 Å². The lowest BCUT2D eigenvalue weighted by molar-refractivity contribution is 0.424. The van der Waals surface area contributed by atoms with Crippen molar-refractivity contribution in [3.63, 3.8) is 0 Å². The number of para-hydroxylation sites is 1. The van der Waals surface area contributed by atoms with Gasteiger partial charge in [-0.05, 0) is 31.8 Å². The van der Waals surface area contributed by atoms with Crippen LogP contribution in [0.4, 0.5) is 0 Å². The fourth-order valence-electron chi connectivity index (χ4n) is 2.45. The summed E-state index contributed by atoms with van der Waals surface area (Å²) in [5.74, 6) is 0.714. The zero-order valence-electron chi connectivity index (χ0n) is 11.0. The molecule has 1 unspecified atom stereocenters. The molecule has 0 aliphatic carbocycles. The lowest BCUT2D eigenvalue weighted by Crippen LogP contribution is -2.25. The first-order chi connectivity index (χ1) is 9.10. The Morgan fingerprint density at radius 2 is 1.63 bits per heavy atom. The molecule has 0 N–H and O–H groups in total. The predicted molar refractivity (Wildman–Crippen MR) is 78.3 cm³/mol. The molecule has 0 saturated carbocycles. The number of hydrogen-bond acceptors (Lipinski definition) is 3. The highest BCUT2D eigenvalue weighted by Crippen LogP contribution is 2.54. The van der Waals surface area contributed by atoms with Gasteiger partial charge in [0.15, 0.2) is 0 Å². The van der Waals surface area contributed by atoms with Gasteiger partial charge in [-0.3, -0.25) is 9.46 Å². The first kappa shape index (κ1) is 12.5. The Morgan fingerprint density at radius 3 is 2.37 bits per heavy atom. The predicted octanol–water partition coefficient (Wildman–Crippen LogP) is 3.17. The monoisotopic (exact) mass is 273 g/mol. The van der Waals surface area contributed by atoms with Crippen LogP contribution in [0.2, 0.25) is 0 Å². The molecular formula is C15H16NO2P. The van der Waals surface area contributed by atoms with Crippen molar-refractivity contribution in [2.45, 2.75) is 0 Å². The molecule has 19 heavy (non-hydrogen) atoms. The zero-order chi connectivity index (χ0) is 13.5. The Hall–Kier alpha value is -1.57. The van der Waals surface area contributed by atoms with Crippen LogP contribution < -0.4 is 9.83 Å². The van der Waals surface area contributed by atoms with Crippen LogP contribution >= 0.6 is 7.37 Å². The second-order valence-electron chi connectivity index (χ2n) is 5.00. The van der Waals surface area contributed by atoms with Gasteiger partial charge in [-0.2, -0.15) is 0 Å². The minimum atomic E-state index is -2.87. The van der Waals surface area contributed by atoms with Gasteiger partial charge >= 0.3 is 0 Å². The van der Waals surface area contributed by atoms with Gasteiger partial charge < -0.3 is 4.52 Å². The first-order valence-corrected chi connectivity index (χ1v) is 8.03. The molecule has 0 spiro atoms. The minimum absolute atomic E-state index is 0.415. The first-order valence-electron chi connectivity index (χ1n) is 6.22. The third-order valence-corrected chi connectivity index (χ3v) is 5.72. The second-order valence-corrected chi connectivity index (χ2v) is 7.29. The summed E-state index contributed by atoms with van der Waals surface area (Å²) in [5.41, 5.74) is 2.04. The lowest BCUT2D eigenvalue weighted by atomic mass is 10.0. The molecule has 3 rings (SSSR count). The van der Waals surface area contributed by atoms with Gasteiger partial charge in [-0.15, -0.1) is 0 Å². The quantitative estimate of drug-likeness (QED) is 0.787. The molecule has 0 saturated heterocycles. The van der Waals surface area contributed by atoms with Crippen molar-refractivity contribution in [2.24, 2.45) is 0 Å². The van der Waals surface area contributed by atoms with Crippen LogP contribution in [0, 0.1) is 0 Å². The Labute approximate surface area is 113 Å². The van der Waals surface area contributed by atoms with Crippen molar-refractivity contribution >= 4 is 12.7 Å². The molecule has 4 heteroatoms. The topological polar surface area (TPSA) is 29.5 Å². The van der Waals surface area contributed by atoms with Gasteiger partial charge in [0.05, 0.1) is 11.6 Å². The summed E-state index contributed by atoms with van der Waals surface area (Å²) in [5, 5.41) is 0.822. The molecule has 2 aromatic rings. The molecular weight excluding hydrogens is 257 g/mol. The summed E-state index contributed by atoms with van der Waals surface area (Å²) >= 11 is 0. The van der Waals surface area contributed by atoms with Gasteiger partial charge in [0.25, 0.3) is 7.37 Å². The van der Waals surface area contributed by atoms with Crippen molar-refractivity contribution < 1.29 is 9.09 Å². The van der Waals surface area contributed by atoms with Gasteiger partial charge in [0.1, 0.15) is 5.75 Å². The highest BCUT2D eigenvalue weighted by Gasteiger charge is 2.35. The number of fused-ring (bicyclic) bond motifs is 3. The summed E-state index contributed by atoms with van der Waals surface area (Å²) < 4.78 is 19.0. The van der Waals surface area contributed by atoms with E-state index in [1.54, 1.807) is 0 Å². The molecule has 1 aliphatic heterocycles. The standard InChI is InChI=1S/C15H16NO2P/c1-16(2)11-19(17)15-10-6-4-8-13(15)12-7-3-5-9-14(12)18-19/h3-10H,11H2,1-2H3. The third kappa shape index (κ3) is 2.09. The Kier molecular flexibility index (Phi) is 2.96. The van der Waals surface area contributed by atoms with E-state index in [-0.39, 0.29) is 0 Å². The summed E-state index contributed by atoms with van der Waals surface area (Å²) in [6.45, 7) is 0. The molecule has 0 bridgehead atoms. The summed E-state index contributed by atoms with van der Waals surface area (Å²) in [6.07, 6.45) is 0.415. The average Bonchev–Trinajstić information content (AvgIpc) is 2.38. The maximum atomic E-state index is 13.2. The van der Waals surface area contributed by atoms with Crippen molar-refractivity contribution in [1.29, 1.82) is 0 Å². The van der Waals surface area contributed by atoms with Crippen LogP contribution in [0.3, 0.4) is 0 Å². The summed E-state index contributed by atoms with van der Waals surface area (Å²) in [6, 6.07) is 15.6. The summed E-state index contributed by atoms with van der Waals surface area (Å²) in [7, 11) is 0.952. The maximum absolute atomic E-state index is 13.2. The Morgan fingerprint density at radius 1 is 1.00 bits per heavy atom. The fourth-order valence-corrected chi connectivity index (χ4v) is 4.86. The van der Waals surface area contributed by atoms with E-state index < -0.39 is 7.37 Å². The molecule has 1 aliphatic rings. The van der Waals surface area contributed by atoms with Crippen LogP contribution in [0.25, 0.3) is 11.1 Å². The number of benzene rings is 2.